The van der Waals surface area contributed by atoms with Crippen LogP contribution >= 0.6 is 0 Å². The van der Waals surface area contributed by atoms with Gasteiger partial charge in [0.15, 0.2) is 28.9 Å². The van der Waals surface area contributed by atoms with Crippen LogP contribution in [0.4, 0.5) is 0 Å². The van der Waals surface area contributed by atoms with Crippen LogP contribution in [0.2, 0.25) is 0 Å². The van der Waals surface area contributed by atoms with Crippen LogP contribution in [-0.4, -0.2) is 29.9 Å². The van der Waals surface area contributed by atoms with Gasteiger partial charge in [0.1, 0.15) is 5.52 Å². The highest BCUT2D eigenvalue weighted by molar-refractivity contribution is 5.89. The quantitative estimate of drug-likeness (QED) is 0.193. The molecular weight excluding hydrogens is 556 g/mol. The molecule has 214 valence electrons. The molecule has 45 heavy (non-hydrogen) atoms. The first kappa shape index (κ1) is 26.5. The minimum Gasteiger partial charge on any atom is -0.441 e. The van der Waals surface area contributed by atoms with Crippen LogP contribution in [-0.2, 0) is 6.42 Å². The molecule has 0 fully saturated rings. The van der Waals surface area contributed by atoms with Gasteiger partial charge in [-0.2, -0.15) is 0 Å². The lowest BCUT2D eigenvalue weighted by Gasteiger charge is -2.12. The highest BCUT2D eigenvalue weighted by Gasteiger charge is 2.18. The summed E-state index contributed by atoms with van der Waals surface area (Å²) < 4.78 is 6.00. The summed E-state index contributed by atoms with van der Waals surface area (Å²) in [5.74, 6) is 2.52. The molecule has 0 bridgehead atoms. The van der Waals surface area contributed by atoms with E-state index < -0.39 is 0 Å². The summed E-state index contributed by atoms with van der Waals surface area (Å²) in [6.07, 6.45) is 0.729. The first-order valence-electron chi connectivity index (χ1n) is 14.9. The van der Waals surface area contributed by atoms with Gasteiger partial charge in [-0.05, 0) is 30.3 Å². The highest BCUT2D eigenvalue weighted by atomic mass is 16.3. The van der Waals surface area contributed by atoms with Crippen LogP contribution in [0.5, 0.6) is 0 Å². The molecule has 3 heterocycles. The summed E-state index contributed by atoms with van der Waals surface area (Å²) in [6.45, 7) is 2.03. The van der Waals surface area contributed by atoms with Crippen molar-refractivity contribution >= 4 is 22.1 Å². The lowest BCUT2D eigenvalue weighted by Crippen LogP contribution is -2.00. The van der Waals surface area contributed by atoms with Crippen molar-refractivity contribution in [3.8, 4) is 56.7 Å². The van der Waals surface area contributed by atoms with Crippen molar-refractivity contribution in [3.05, 3.63) is 133 Å². The summed E-state index contributed by atoms with van der Waals surface area (Å²) in [4.78, 5) is 29.5. The van der Waals surface area contributed by atoms with Crippen molar-refractivity contribution in [1.29, 1.82) is 0 Å². The fraction of sp³-hybridized carbons (Fsp3) is 0.0526. The molecule has 0 N–H and O–H groups in total. The number of para-hydroxylation sites is 2. The average molecular weight is 583 g/mol. The van der Waals surface area contributed by atoms with Gasteiger partial charge in [0.05, 0.1) is 22.4 Å². The molecule has 8 rings (SSSR count). The van der Waals surface area contributed by atoms with Gasteiger partial charge in [-0.1, -0.05) is 104 Å². The van der Waals surface area contributed by atoms with Gasteiger partial charge in [-0.15, -0.1) is 0 Å². The van der Waals surface area contributed by atoms with Crippen LogP contribution in [0.1, 0.15) is 12.8 Å². The standard InChI is InChI=1S/C38H26N6O/c1-2-33-39-31-21-20-27(23-32(31)45-33)35-34(40-29-18-9-10-19-30(29)41-35)26-16-11-17-28(22-26)38-43-36(24-12-5-3-6-13-24)42-37(44-38)25-14-7-4-8-15-25/h3-23H,2H2,1H3. The number of aryl methyl sites for hydroxylation is 1. The maximum atomic E-state index is 6.00. The number of fused-ring (bicyclic) bond motifs is 2. The Morgan fingerprint density at radius 2 is 0.933 bits per heavy atom. The first-order valence-corrected chi connectivity index (χ1v) is 14.9. The number of rotatable bonds is 6. The number of aromatic nitrogens is 6. The predicted octanol–water partition coefficient (Wildman–Crippen LogP) is 8.85. The van der Waals surface area contributed by atoms with E-state index in [1.165, 1.54) is 0 Å². The molecule has 8 aromatic rings. The van der Waals surface area contributed by atoms with Crippen LogP contribution in [0, 0.1) is 0 Å². The zero-order valence-electron chi connectivity index (χ0n) is 24.4. The molecule has 0 saturated carbocycles. The van der Waals surface area contributed by atoms with Crippen LogP contribution in [0.15, 0.2) is 132 Å². The minimum atomic E-state index is 0.579. The topological polar surface area (TPSA) is 90.5 Å². The summed E-state index contributed by atoms with van der Waals surface area (Å²) in [5.41, 5.74) is 9.19. The van der Waals surface area contributed by atoms with Gasteiger partial charge in [0.2, 0.25) is 0 Å². The lowest BCUT2D eigenvalue weighted by atomic mass is 10.0. The van der Waals surface area contributed by atoms with Gasteiger partial charge in [0, 0.05) is 34.2 Å². The van der Waals surface area contributed by atoms with E-state index in [1.54, 1.807) is 0 Å². The zero-order chi connectivity index (χ0) is 30.2. The minimum absolute atomic E-state index is 0.579. The number of nitrogens with zero attached hydrogens (tertiary/aromatic N) is 6. The van der Waals surface area contributed by atoms with Crippen LogP contribution in [0.25, 0.3) is 78.8 Å². The summed E-state index contributed by atoms with van der Waals surface area (Å²) in [7, 11) is 0. The van der Waals surface area contributed by atoms with Gasteiger partial charge in [0.25, 0.3) is 0 Å². The Bertz CT molecular complexity index is 2260. The second-order valence-corrected chi connectivity index (χ2v) is 10.7. The molecule has 0 atom stereocenters. The molecule has 0 saturated heterocycles. The van der Waals surface area contributed by atoms with E-state index in [0.29, 0.717) is 23.4 Å². The summed E-state index contributed by atoms with van der Waals surface area (Å²) in [6, 6.07) is 42.0. The fourth-order valence-electron chi connectivity index (χ4n) is 5.42. The Labute approximate surface area is 259 Å². The third kappa shape index (κ3) is 5.10. The largest absolute Gasteiger partial charge is 0.441 e. The smallest absolute Gasteiger partial charge is 0.195 e. The second-order valence-electron chi connectivity index (χ2n) is 10.7. The molecule has 0 amide bonds. The van der Waals surface area contributed by atoms with Crippen molar-refractivity contribution in [2.24, 2.45) is 0 Å². The molecule has 0 aliphatic heterocycles. The number of oxazole rings is 1. The van der Waals surface area contributed by atoms with Crippen molar-refractivity contribution in [1.82, 2.24) is 29.9 Å². The lowest BCUT2D eigenvalue weighted by molar-refractivity contribution is 0.538. The average Bonchev–Trinajstić information content (AvgIpc) is 3.54. The predicted molar refractivity (Wildman–Crippen MR) is 177 cm³/mol. The molecule has 5 aromatic carbocycles. The molecular formula is C38H26N6O. The third-order valence-electron chi connectivity index (χ3n) is 7.67. The van der Waals surface area contributed by atoms with Crippen molar-refractivity contribution in [3.63, 3.8) is 0 Å². The molecule has 3 aromatic heterocycles. The SMILES string of the molecule is CCc1nc2ccc(-c3nc4ccccc4nc3-c3cccc(-c4nc(-c5ccccc5)nc(-c5ccccc5)n4)c3)cc2o1. The van der Waals surface area contributed by atoms with Gasteiger partial charge >= 0.3 is 0 Å². The molecule has 0 aliphatic rings. The third-order valence-corrected chi connectivity index (χ3v) is 7.67. The Balaban J connectivity index is 1.30. The van der Waals surface area contributed by atoms with Crippen molar-refractivity contribution in [2.75, 3.05) is 0 Å². The molecule has 0 spiro atoms. The summed E-state index contributed by atoms with van der Waals surface area (Å²) in [5, 5.41) is 0. The Kier molecular flexibility index (Phi) is 6.61. The fourth-order valence-corrected chi connectivity index (χ4v) is 5.42. The highest BCUT2D eigenvalue weighted by Crippen LogP contribution is 2.35. The first-order chi connectivity index (χ1) is 22.2. The molecule has 7 heteroatoms. The number of benzene rings is 5. The van der Waals surface area contributed by atoms with Crippen molar-refractivity contribution < 1.29 is 4.42 Å². The van der Waals surface area contributed by atoms with Crippen LogP contribution < -0.4 is 0 Å². The normalized spacial score (nSPS) is 11.3. The van der Waals surface area contributed by atoms with E-state index in [0.717, 1.165) is 67.8 Å². The van der Waals surface area contributed by atoms with E-state index in [4.69, 9.17) is 29.3 Å². The maximum absolute atomic E-state index is 6.00. The Morgan fingerprint density at radius 1 is 0.422 bits per heavy atom. The molecule has 0 aliphatic carbocycles. The Morgan fingerprint density at radius 3 is 1.53 bits per heavy atom. The summed E-state index contributed by atoms with van der Waals surface area (Å²) >= 11 is 0. The van der Waals surface area contributed by atoms with E-state index in [1.807, 2.05) is 128 Å². The van der Waals surface area contributed by atoms with E-state index >= 15 is 0 Å². The van der Waals surface area contributed by atoms with Gasteiger partial charge < -0.3 is 4.42 Å². The van der Waals surface area contributed by atoms with Crippen LogP contribution in [0.3, 0.4) is 0 Å². The van der Waals surface area contributed by atoms with Crippen molar-refractivity contribution in [2.45, 2.75) is 13.3 Å². The van der Waals surface area contributed by atoms with Gasteiger partial charge in [-0.3, -0.25) is 0 Å². The van der Waals surface area contributed by atoms with E-state index in [2.05, 4.69) is 11.1 Å². The molecule has 0 radical (unpaired) electrons. The monoisotopic (exact) mass is 582 g/mol. The van der Waals surface area contributed by atoms with E-state index in [-0.39, 0.29) is 0 Å². The maximum Gasteiger partial charge on any atom is 0.195 e. The number of hydrogen-bond acceptors (Lipinski definition) is 7. The zero-order valence-corrected chi connectivity index (χ0v) is 24.4. The van der Waals surface area contributed by atoms with E-state index in [9.17, 15) is 0 Å². The molecule has 7 nitrogen and oxygen atoms in total. The number of hydrogen-bond donors (Lipinski definition) is 0. The molecule has 0 unspecified atom stereocenters. The van der Waals surface area contributed by atoms with Gasteiger partial charge in [-0.25, -0.2) is 29.9 Å². The Hall–Kier alpha value is -6.08. The second kappa shape index (κ2) is 11.2.